The minimum absolute atomic E-state index is 0.920. The third kappa shape index (κ3) is 19.9. The van der Waals surface area contributed by atoms with Gasteiger partial charge in [-0.1, -0.05) is 32.6 Å². The van der Waals surface area contributed by atoms with Crippen molar-refractivity contribution in [3.05, 3.63) is 0 Å². The molecule has 2 heteroatoms. The second-order valence-corrected chi connectivity index (χ2v) is 24.6. The van der Waals surface area contributed by atoms with E-state index in [0.717, 1.165) is 5.66 Å². The molecule has 0 saturated heterocycles. The summed E-state index contributed by atoms with van der Waals surface area (Å²) < 4.78 is 0. The Morgan fingerprint density at radius 3 is 0.895 bits per heavy atom. The van der Waals surface area contributed by atoms with Crippen LogP contribution in [-0.2, 0) is 0 Å². The second kappa shape index (κ2) is 26.8. The summed E-state index contributed by atoms with van der Waals surface area (Å²) in [6.45, 7) is 12.1. The second-order valence-electron chi connectivity index (χ2n) is 13.3. The molecule has 232 valence electrons. The Morgan fingerprint density at radius 1 is 0.368 bits per heavy atom. The van der Waals surface area contributed by atoms with Crippen LogP contribution in [0.3, 0.4) is 0 Å². The summed E-state index contributed by atoms with van der Waals surface area (Å²) in [5.41, 5.74) is 0.920. The topological polar surface area (TPSA) is 0 Å². The molecule has 0 heterocycles. The number of rotatable bonds is 31. The molecule has 0 aromatic heterocycles. The Balaban J connectivity index is 4.57. The molecule has 0 aliphatic carbocycles. The maximum atomic E-state index is 4.79. The van der Waals surface area contributed by atoms with Crippen molar-refractivity contribution < 1.29 is 0 Å². The molecule has 0 fully saturated rings. The molecule has 0 aromatic rings. The Kier molecular flexibility index (Phi) is 27.4. The van der Waals surface area contributed by atoms with Gasteiger partial charge in [0.2, 0.25) is 0 Å². The van der Waals surface area contributed by atoms with E-state index in [1.165, 1.54) is 192 Å². The van der Waals surface area contributed by atoms with Crippen molar-refractivity contribution in [3.63, 3.8) is 0 Å². The summed E-state index contributed by atoms with van der Waals surface area (Å²) in [5.74, 6) is 0. The molecule has 0 aliphatic heterocycles. The molecule has 0 saturated carbocycles. The van der Waals surface area contributed by atoms with Gasteiger partial charge in [-0.25, -0.2) is 0 Å². The van der Waals surface area contributed by atoms with Crippen molar-refractivity contribution in [1.82, 2.24) is 0 Å². The van der Waals surface area contributed by atoms with Crippen LogP contribution in [0.15, 0.2) is 0 Å². The Labute approximate surface area is 252 Å². The Hall–Kier alpha value is 0.910. The molecule has 1 unspecified atom stereocenters. The fourth-order valence-electron chi connectivity index (χ4n) is 6.69. The van der Waals surface area contributed by atoms with Gasteiger partial charge in [-0.3, -0.25) is 0 Å². The molecule has 0 N–H and O–H groups in total. The summed E-state index contributed by atoms with van der Waals surface area (Å²) in [4.78, 5) is 0. The van der Waals surface area contributed by atoms with Crippen LogP contribution in [0, 0.1) is 0 Å². The average Bonchev–Trinajstić information content (AvgIpc) is 2.92. The first kappa shape index (κ1) is 38.9. The van der Waals surface area contributed by atoms with Gasteiger partial charge >= 0.3 is 220 Å². The molecular weight excluding hydrogens is 543 g/mol. The van der Waals surface area contributed by atoms with E-state index < -0.39 is 5.31 Å². The fraction of sp³-hybridized carbons (Fsp3) is 1.00. The van der Waals surface area contributed by atoms with Gasteiger partial charge in [-0.05, 0) is 0 Å². The van der Waals surface area contributed by atoms with Crippen molar-refractivity contribution in [3.8, 4) is 0 Å². The van der Waals surface area contributed by atoms with E-state index in [1.54, 1.807) is 0 Å². The van der Waals surface area contributed by atoms with Crippen molar-refractivity contribution in [2.75, 3.05) is 18.5 Å². The third-order valence-corrected chi connectivity index (χ3v) is 21.6. The summed E-state index contributed by atoms with van der Waals surface area (Å²) in [5, 5.41) is -1.84. The Bertz CT molecular complexity index is 442. The Morgan fingerprint density at radius 2 is 0.605 bits per heavy atom. The van der Waals surface area contributed by atoms with Gasteiger partial charge < -0.3 is 0 Å². The quantitative estimate of drug-likeness (QED) is 0.0535. The molecule has 0 radical (unpaired) electrons. The fourth-order valence-corrected chi connectivity index (χ4v) is 15.3. The zero-order chi connectivity index (χ0) is 28.2. The monoisotopic (exact) mass is 618 g/mol. The first-order valence-corrected chi connectivity index (χ1v) is 23.1. The van der Waals surface area contributed by atoms with Crippen LogP contribution < -0.4 is 0 Å². The molecular formula is C36H76BrP. The zero-order valence-corrected chi connectivity index (χ0v) is 30.1. The SMILES string of the molecule is CCCCCCCCCCCCCCCCC(C)P(Br)(CCCCCC)(CCCCCC)CCCCCC. The van der Waals surface area contributed by atoms with Gasteiger partial charge in [0.05, 0.1) is 0 Å². The number of halogens is 1. The zero-order valence-electron chi connectivity index (χ0n) is 27.6. The summed E-state index contributed by atoms with van der Waals surface area (Å²) in [6, 6.07) is 0. The molecule has 0 rings (SSSR count). The van der Waals surface area contributed by atoms with E-state index >= 15 is 0 Å². The molecule has 0 spiro atoms. The molecule has 0 bridgehead atoms. The van der Waals surface area contributed by atoms with E-state index in [4.69, 9.17) is 15.5 Å². The van der Waals surface area contributed by atoms with Crippen LogP contribution in [0.2, 0.25) is 0 Å². The molecule has 38 heavy (non-hydrogen) atoms. The third-order valence-electron chi connectivity index (χ3n) is 9.70. The predicted molar refractivity (Wildman–Crippen MR) is 187 cm³/mol. The van der Waals surface area contributed by atoms with Crippen molar-refractivity contribution in [2.45, 2.75) is 214 Å². The van der Waals surface area contributed by atoms with E-state index in [0.29, 0.717) is 0 Å². The normalized spacial score (nSPS) is 14.0. The van der Waals surface area contributed by atoms with Crippen LogP contribution in [0.5, 0.6) is 0 Å². The van der Waals surface area contributed by atoms with Crippen molar-refractivity contribution >= 4 is 20.8 Å². The molecule has 0 aliphatic rings. The van der Waals surface area contributed by atoms with Crippen molar-refractivity contribution in [2.24, 2.45) is 0 Å². The van der Waals surface area contributed by atoms with Gasteiger partial charge in [0.25, 0.3) is 0 Å². The van der Waals surface area contributed by atoms with Crippen LogP contribution in [0.25, 0.3) is 0 Å². The van der Waals surface area contributed by atoms with Gasteiger partial charge in [0.1, 0.15) is 0 Å². The van der Waals surface area contributed by atoms with E-state index in [1.807, 2.05) is 0 Å². The van der Waals surface area contributed by atoms with Crippen LogP contribution in [0.4, 0.5) is 0 Å². The first-order chi connectivity index (χ1) is 18.5. The van der Waals surface area contributed by atoms with Crippen LogP contribution in [0.1, 0.15) is 208 Å². The van der Waals surface area contributed by atoms with Gasteiger partial charge in [-0.15, -0.1) is 0 Å². The number of unbranched alkanes of at least 4 members (excludes halogenated alkanes) is 22. The number of hydrogen-bond donors (Lipinski definition) is 0. The van der Waals surface area contributed by atoms with Crippen LogP contribution in [-0.4, -0.2) is 24.1 Å². The first-order valence-electron chi connectivity index (χ1n) is 18.2. The molecule has 0 amide bonds. The van der Waals surface area contributed by atoms with Crippen LogP contribution >= 0.6 is 20.8 Å². The summed E-state index contributed by atoms with van der Waals surface area (Å²) >= 11 is 4.79. The minimum atomic E-state index is -1.84. The van der Waals surface area contributed by atoms with E-state index in [2.05, 4.69) is 34.6 Å². The molecule has 0 nitrogen and oxygen atoms in total. The average molecular weight is 620 g/mol. The summed E-state index contributed by atoms with van der Waals surface area (Å²) in [7, 11) is 0. The standard InChI is InChI=1S/C36H76BrP/c1-6-10-14-18-19-20-21-22-23-24-25-26-27-28-32-36(5)38(37,33-29-15-11-7-2,34-30-16-12-8-3)35-31-17-13-9-4/h36H,6-35H2,1-5H3. The number of hydrogen-bond acceptors (Lipinski definition) is 0. The van der Waals surface area contributed by atoms with Gasteiger partial charge in [0.15, 0.2) is 0 Å². The van der Waals surface area contributed by atoms with E-state index in [9.17, 15) is 0 Å². The van der Waals surface area contributed by atoms with E-state index in [-0.39, 0.29) is 0 Å². The summed E-state index contributed by atoms with van der Waals surface area (Å²) in [6.07, 6.45) is 43.8. The predicted octanol–water partition coefficient (Wildman–Crippen LogP) is 14.9. The maximum absolute atomic E-state index is 4.79. The van der Waals surface area contributed by atoms with Gasteiger partial charge in [-0.2, -0.15) is 0 Å². The van der Waals surface area contributed by atoms with Gasteiger partial charge in [0, 0.05) is 0 Å². The van der Waals surface area contributed by atoms with Crippen molar-refractivity contribution in [1.29, 1.82) is 0 Å². The molecule has 0 aromatic carbocycles. The molecule has 1 atom stereocenters.